The van der Waals surface area contributed by atoms with Crippen LogP contribution in [0, 0.1) is 11.8 Å². The van der Waals surface area contributed by atoms with Crippen molar-refractivity contribution in [3.05, 3.63) is 29.3 Å². The molecule has 0 spiro atoms. The summed E-state index contributed by atoms with van der Waals surface area (Å²) in [6, 6.07) is 7.36. The van der Waals surface area contributed by atoms with E-state index >= 15 is 0 Å². The molecular weight excluding hydrogens is 278 g/mol. The van der Waals surface area contributed by atoms with Crippen molar-refractivity contribution in [3.63, 3.8) is 0 Å². The third-order valence-electron chi connectivity index (χ3n) is 3.24. The van der Waals surface area contributed by atoms with Crippen molar-refractivity contribution in [2.24, 2.45) is 17.6 Å². The molecule has 0 aliphatic carbocycles. The fraction of sp³-hybridized carbons (Fsp3) is 0.533. The summed E-state index contributed by atoms with van der Waals surface area (Å²) < 4.78 is 5.62. The van der Waals surface area contributed by atoms with Gasteiger partial charge in [0.05, 0.1) is 11.6 Å². The van der Waals surface area contributed by atoms with Gasteiger partial charge in [-0.05, 0) is 43.4 Å². The van der Waals surface area contributed by atoms with Crippen molar-refractivity contribution in [1.82, 2.24) is 0 Å². The molecule has 20 heavy (non-hydrogen) atoms. The molecule has 1 rings (SSSR count). The van der Waals surface area contributed by atoms with Gasteiger partial charge in [0.1, 0.15) is 5.75 Å². The zero-order chi connectivity index (χ0) is 15.0. The Hall–Kier alpha value is -1.26. The molecule has 0 heterocycles. The number of para-hydroxylation sites is 1. The molecule has 0 saturated carbocycles. The highest BCUT2D eigenvalue weighted by Gasteiger charge is 2.15. The van der Waals surface area contributed by atoms with Gasteiger partial charge in [0.15, 0.2) is 0 Å². The third kappa shape index (κ3) is 6.26. The summed E-state index contributed by atoms with van der Waals surface area (Å²) in [6.45, 7) is 3.05. The molecule has 0 radical (unpaired) electrons. The van der Waals surface area contributed by atoms with Crippen LogP contribution in [0.5, 0.6) is 5.75 Å². The van der Waals surface area contributed by atoms with E-state index in [1.54, 1.807) is 6.07 Å². The largest absolute Gasteiger partial charge is 0.492 e. The first-order valence-electron chi connectivity index (χ1n) is 6.82. The number of ether oxygens (including phenoxy) is 1. The van der Waals surface area contributed by atoms with Gasteiger partial charge in [-0.1, -0.05) is 30.7 Å². The number of benzene rings is 1. The van der Waals surface area contributed by atoms with Crippen LogP contribution in [0.2, 0.25) is 5.02 Å². The van der Waals surface area contributed by atoms with Crippen LogP contribution >= 0.6 is 11.6 Å². The fourth-order valence-corrected chi connectivity index (χ4v) is 2.32. The van der Waals surface area contributed by atoms with Crippen LogP contribution in [-0.2, 0) is 4.79 Å². The van der Waals surface area contributed by atoms with E-state index in [0.29, 0.717) is 29.8 Å². The van der Waals surface area contributed by atoms with Crippen molar-refractivity contribution >= 4 is 17.6 Å². The van der Waals surface area contributed by atoms with E-state index in [4.69, 9.17) is 27.2 Å². The number of rotatable bonds is 9. The lowest BCUT2D eigenvalue weighted by molar-refractivity contribution is -0.138. The smallest absolute Gasteiger partial charge is 0.303 e. The van der Waals surface area contributed by atoms with E-state index in [1.807, 2.05) is 18.2 Å². The van der Waals surface area contributed by atoms with Crippen molar-refractivity contribution in [3.8, 4) is 5.75 Å². The molecule has 5 heteroatoms. The SMILES string of the molecule is C[C@H](CCOc1ccccc1Cl)C[C@H](CN)CC(=O)O. The molecule has 0 unspecified atom stereocenters. The first-order chi connectivity index (χ1) is 9.52. The molecule has 0 aliphatic heterocycles. The Kier molecular flexibility index (Phi) is 7.41. The lowest BCUT2D eigenvalue weighted by Crippen LogP contribution is -2.21. The molecule has 112 valence electrons. The minimum atomic E-state index is -0.792. The number of hydrogen-bond acceptors (Lipinski definition) is 3. The maximum absolute atomic E-state index is 10.7. The molecule has 0 amide bonds. The lowest BCUT2D eigenvalue weighted by atomic mass is 9.91. The first kappa shape index (κ1) is 16.8. The fourth-order valence-electron chi connectivity index (χ4n) is 2.13. The van der Waals surface area contributed by atoms with Gasteiger partial charge in [-0.2, -0.15) is 0 Å². The Bertz CT molecular complexity index is 425. The van der Waals surface area contributed by atoms with Crippen LogP contribution < -0.4 is 10.5 Å². The summed E-state index contributed by atoms with van der Waals surface area (Å²) in [7, 11) is 0. The summed E-state index contributed by atoms with van der Waals surface area (Å²) in [6.07, 6.45) is 1.78. The second kappa shape index (κ2) is 8.82. The van der Waals surface area contributed by atoms with Gasteiger partial charge in [-0.25, -0.2) is 0 Å². The average Bonchev–Trinajstić information content (AvgIpc) is 2.39. The molecule has 0 saturated heterocycles. The topological polar surface area (TPSA) is 72.5 Å². The van der Waals surface area contributed by atoms with Crippen molar-refractivity contribution in [1.29, 1.82) is 0 Å². The highest BCUT2D eigenvalue weighted by Crippen LogP contribution is 2.24. The standard InChI is InChI=1S/C15H22ClNO3/c1-11(8-12(10-17)9-15(18)19)6-7-20-14-5-3-2-4-13(14)16/h2-5,11-12H,6-10,17H2,1H3,(H,18,19)/t11-,12+/m1/s1. The Morgan fingerprint density at radius 1 is 1.45 bits per heavy atom. The molecule has 4 nitrogen and oxygen atoms in total. The molecule has 0 aromatic heterocycles. The van der Waals surface area contributed by atoms with Crippen LogP contribution in [0.4, 0.5) is 0 Å². The Morgan fingerprint density at radius 3 is 2.75 bits per heavy atom. The number of carboxylic acids is 1. The summed E-state index contributed by atoms with van der Waals surface area (Å²) >= 11 is 6.00. The van der Waals surface area contributed by atoms with Gasteiger partial charge in [-0.3, -0.25) is 4.79 Å². The van der Waals surface area contributed by atoms with E-state index in [0.717, 1.165) is 12.8 Å². The maximum Gasteiger partial charge on any atom is 0.303 e. The lowest BCUT2D eigenvalue weighted by Gasteiger charge is -2.18. The molecule has 3 N–H and O–H groups in total. The van der Waals surface area contributed by atoms with Gasteiger partial charge in [-0.15, -0.1) is 0 Å². The summed E-state index contributed by atoms with van der Waals surface area (Å²) in [5.74, 6) is 0.287. The summed E-state index contributed by atoms with van der Waals surface area (Å²) in [5.41, 5.74) is 5.60. The van der Waals surface area contributed by atoms with E-state index in [1.165, 1.54) is 0 Å². The number of nitrogens with two attached hydrogens (primary N) is 1. The number of aliphatic carboxylic acids is 1. The normalized spacial score (nSPS) is 13.8. The molecule has 2 atom stereocenters. The van der Waals surface area contributed by atoms with Crippen LogP contribution in [-0.4, -0.2) is 24.2 Å². The second-order valence-electron chi connectivity index (χ2n) is 5.11. The molecule has 1 aromatic rings. The quantitative estimate of drug-likeness (QED) is 0.734. The van der Waals surface area contributed by atoms with Gasteiger partial charge >= 0.3 is 5.97 Å². The van der Waals surface area contributed by atoms with Crippen molar-refractivity contribution in [2.45, 2.75) is 26.2 Å². The molecule has 0 bridgehead atoms. The Labute approximate surface area is 124 Å². The van der Waals surface area contributed by atoms with Crippen LogP contribution in [0.15, 0.2) is 24.3 Å². The highest BCUT2D eigenvalue weighted by molar-refractivity contribution is 6.32. The van der Waals surface area contributed by atoms with Crippen molar-refractivity contribution in [2.75, 3.05) is 13.2 Å². The summed E-state index contributed by atoms with van der Waals surface area (Å²) in [4.78, 5) is 10.7. The number of carbonyl (C=O) groups is 1. The van der Waals surface area contributed by atoms with E-state index in [2.05, 4.69) is 6.92 Å². The average molecular weight is 300 g/mol. The monoisotopic (exact) mass is 299 g/mol. The summed E-state index contributed by atoms with van der Waals surface area (Å²) in [5, 5.41) is 9.39. The zero-order valence-corrected chi connectivity index (χ0v) is 12.5. The number of hydrogen-bond donors (Lipinski definition) is 2. The Balaban J connectivity index is 2.30. The van der Waals surface area contributed by atoms with E-state index in [9.17, 15) is 4.79 Å². The second-order valence-corrected chi connectivity index (χ2v) is 5.52. The molecule has 0 aliphatic rings. The van der Waals surface area contributed by atoms with Gasteiger partial charge in [0.2, 0.25) is 0 Å². The van der Waals surface area contributed by atoms with Gasteiger partial charge in [0.25, 0.3) is 0 Å². The minimum Gasteiger partial charge on any atom is -0.492 e. The van der Waals surface area contributed by atoms with Crippen LogP contribution in [0.25, 0.3) is 0 Å². The van der Waals surface area contributed by atoms with Crippen LogP contribution in [0.3, 0.4) is 0 Å². The molecule has 0 fully saturated rings. The molecule has 1 aromatic carbocycles. The maximum atomic E-state index is 10.7. The van der Waals surface area contributed by atoms with E-state index in [-0.39, 0.29) is 12.3 Å². The number of halogens is 1. The predicted molar refractivity (Wildman–Crippen MR) is 80.1 cm³/mol. The molecular formula is C15H22ClNO3. The number of carboxylic acid groups (broad SMARTS) is 1. The third-order valence-corrected chi connectivity index (χ3v) is 3.55. The van der Waals surface area contributed by atoms with E-state index < -0.39 is 5.97 Å². The van der Waals surface area contributed by atoms with Gasteiger partial charge < -0.3 is 15.6 Å². The Morgan fingerprint density at radius 2 is 2.15 bits per heavy atom. The zero-order valence-electron chi connectivity index (χ0n) is 11.7. The van der Waals surface area contributed by atoms with Crippen molar-refractivity contribution < 1.29 is 14.6 Å². The first-order valence-corrected chi connectivity index (χ1v) is 7.20. The minimum absolute atomic E-state index is 0.0304. The predicted octanol–water partition coefficient (Wildman–Crippen LogP) is 3.18. The van der Waals surface area contributed by atoms with Crippen LogP contribution in [0.1, 0.15) is 26.2 Å². The van der Waals surface area contributed by atoms with Gasteiger partial charge in [0, 0.05) is 6.42 Å². The highest BCUT2D eigenvalue weighted by atomic mass is 35.5.